The molecule has 0 amide bonds. The molecule has 0 aromatic heterocycles. The van der Waals surface area contributed by atoms with Crippen LogP contribution in [0.2, 0.25) is 0 Å². The van der Waals surface area contributed by atoms with Crippen molar-refractivity contribution in [1.82, 2.24) is 0 Å². The van der Waals surface area contributed by atoms with Gasteiger partial charge in [0.15, 0.2) is 5.78 Å². The van der Waals surface area contributed by atoms with Gasteiger partial charge in [0.25, 0.3) is 0 Å². The molecule has 0 unspecified atom stereocenters. The predicted octanol–water partition coefficient (Wildman–Crippen LogP) is 3.60. The average molecular weight is 206 g/mol. The van der Waals surface area contributed by atoms with Gasteiger partial charge in [0.2, 0.25) is 0 Å². The number of hydrogen-bond acceptors (Lipinski definition) is 1. The fourth-order valence-electron chi connectivity index (χ4n) is 1.31. The zero-order chi connectivity index (χ0) is 11.3. The number of rotatable bonds is 4. The molecule has 0 aliphatic carbocycles. The van der Waals surface area contributed by atoms with Gasteiger partial charge < -0.3 is 0 Å². The van der Waals surface area contributed by atoms with Crippen LogP contribution in [0, 0.1) is 5.82 Å². The monoisotopic (exact) mass is 206 g/mol. The summed E-state index contributed by atoms with van der Waals surface area (Å²) in [5.41, 5.74) is 1.59. The van der Waals surface area contributed by atoms with Crippen molar-refractivity contribution in [2.45, 2.75) is 26.7 Å². The number of benzene rings is 1. The minimum absolute atomic E-state index is 0.154. The molecule has 1 nitrogen and oxygen atoms in total. The van der Waals surface area contributed by atoms with Crippen LogP contribution in [0.5, 0.6) is 0 Å². The van der Waals surface area contributed by atoms with Crippen LogP contribution < -0.4 is 0 Å². The van der Waals surface area contributed by atoms with E-state index in [9.17, 15) is 9.18 Å². The van der Waals surface area contributed by atoms with Crippen molar-refractivity contribution in [2.24, 2.45) is 0 Å². The van der Waals surface area contributed by atoms with Gasteiger partial charge in [0.1, 0.15) is 5.82 Å². The smallest absolute Gasteiger partial charge is 0.158 e. The van der Waals surface area contributed by atoms with Crippen LogP contribution >= 0.6 is 0 Å². The summed E-state index contributed by atoms with van der Waals surface area (Å²) in [5.74, 6) is -0.105. The van der Waals surface area contributed by atoms with Crippen molar-refractivity contribution in [3.8, 4) is 0 Å². The number of hydrogen-bond donors (Lipinski definition) is 0. The molecule has 0 spiro atoms. The normalized spacial score (nSPS) is 11.5. The Morgan fingerprint density at radius 2 is 1.93 bits per heavy atom. The molecule has 1 aromatic rings. The molecule has 2 heteroatoms. The highest BCUT2D eigenvalue weighted by Gasteiger charge is 2.02. The number of carbonyl (C=O) groups excluding carboxylic acids is 1. The van der Waals surface area contributed by atoms with Gasteiger partial charge in [0, 0.05) is 6.42 Å². The van der Waals surface area contributed by atoms with E-state index in [-0.39, 0.29) is 11.6 Å². The van der Waals surface area contributed by atoms with E-state index in [4.69, 9.17) is 0 Å². The summed E-state index contributed by atoms with van der Waals surface area (Å²) in [6.07, 6.45) is 3.22. The van der Waals surface area contributed by atoms with E-state index in [0.29, 0.717) is 6.42 Å². The van der Waals surface area contributed by atoms with Crippen molar-refractivity contribution >= 4 is 11.9 Å². The number of ketones is 1. The SMILES string of the molecule is CCCC(=O)C(C)=Cc1ccc(F)cc1. The molecule has 0 heterocycles. The number of carbonyl (C=O) groups is 1. The molecule has 80 valence electrons. The largest absolute Gasteiger partial charge is 0.295 e. The van der Waals surface area contributed by atoms with Crippen molar-refractivity contribution in [3.63, 3.8) is 0 Å². The van der Waals surface area contributed by atoms with Gasteiger partial charge in [-0.15, -0.1) is 0 Å². The third kappa shape index (κ3) is 3.66. The maximum Gasteiger partial charge on any atom is 0.158 e. The highest BCUT2D eigenvalue weighted by Crippen LogP contribution is 2.10. The third-order valence-corrected chi connectivity index (χ3v) is 2.17. The summed E-state index contributed by atoms with van der Waals surface area (Å²) in [5, 5.41) is 0. The Balaban J connectivity index is 2.78. The first-order chi connectivity index (χ1) is 7.13. The van der Waals surface area contributed by atoms with Gasteiger partial charge >= 0.3 is 0 Å². The van der Waals surface area contributed by atoms with Gasteiger partial charge in [-0.05, 0) is 42.7 Å². The summed E-state index contributed by atoms with van der Waals surface area (Å²) in [4.78, 5) is 11.5. The van der Waals surface area contributed by atoms with Crippen molar-refractivity contribution < 1.29 is 9.18 Å². The molecular formula is C13H15FO. The van der Waals surface area contributed by atoms with Gasteiger partial charge in [-0.3, -0.25) is 4.79 Å². The van der Waals surface area contributed by atoms with Gasteiger partial charge in [-0.1, -0.05) is 19.1 Å². The van der Waals surface area contributed by atoms with Crippen LogP contribution in [0.3, 0.4) is 0 Å². The number of halogens is 1. The lowest BCUT2D eigenvalue weighted by atomic mass is 10.1. The fourth-order valence-corrected chi connectivity index (χ4v) is 1.31. The molecule has 1 rings (SSSR count). The highest BCUT2D eigenvalue weighted by molar-refractivity contribution is 5.98. The maximum absolute atomic E-state index is 12.6. The average Bonchev–Trinajstić information content (AvgIpc) is 2.22. The topological polar surface area (TPSA) is 17.1 Å². The van der Waals surface area contributed by atoms with E-state index < -0.39 is 0 Å². The van der Waals surface area contributed by atoms with Crippen molar-refractivity contribution in [3.05, 3.63) is 41.2 Å². The minimum atomic E-state index is -0.260. The van der Waals surface area contributed by atoms with Crippen molar-refractivity contribution in [1.29, 1.82) is 0 Å². The summed E-state index contributed by atoms with van der Waals surface area (Å²) in [7, 11) is 0. The van der Waals surface area contributed by atoms with Crippen LogP contribution in [0.25, 0.3) is 6.08 Å². The maximum atomic E-state index is 12.6. The highest BCUT2D eigenvalue weighted by atomic mass is 19.1. The standard InChI is InChI=1S/C13H15FO/c1-3-4-13(15)10(2)9-11-5-7-12(14)8-6-11/h5-9H,3-4H2,1-2H3. The fraction of sp³-hybridized carbons (Fsp3) is 0.308. The molecule has 0 saturated heterocycles. The summed E-state index contributed by atoms with van der Waals surface area (Å²) < 4.78 is 12.6. The first kappa shape index (κ1) is 11.6. The molecule has 0 aliphatic heterocycles. The van der Waals surface area contributed by atoms with Crippen LogP contribution in [-0.2, 0) is 4.79 Å². The second-order valence-electron chi connectivity index (χ2n) is 3.55. The van der Waals surface area contributed by atoms with Gasteiger partial charge in [-0.25, -0.2) is 4.39 Å². The Morgan fingerprint density at radius 1 is 1.33 bits per heavy atom. The van der Waals surface area contributed by atoms with Crippen LogP contribution in [0.15, 0.2) is 29.8 Å². The number of Topliss-reactive ketones (excluding diaryl/α,β-unsaturated/α-hetero) is 1. The number of allylic oxidation sites excluding steroid dienone is 1. The Bertz CT molecular complexity index is 363. The van der Waals surface area contributed by atoms with Crippen molar-refractivity contribution in [2.75, 3.05) is 0 Å². The Labute approximate surface area is 89.6 Å². The molecular weight excluding hydrogens is 191 g/mol. The second-order valence-corrected chi connectivity index (χ2v) is 3.55. The zero-order valence-electron chi connectivity index (χ0n) is 9.09. The quantitative estimate of drug-likeness (QED) is 0.688. The summed E-state index contributed by atoms with van der Waals surface area (Å²) >= 11 is 0. The molecule has 0 N–H and O–H groups in total. The lowest BCUT2D eigenvalue weighted by Gasteiger charge is -1.99. The molecule has 0 fully saturated rings. The lowest BCUT2D eigenvalue weighted by molar-refractivity contribution is -0.115. The molecule has 0 aliphatic rings. The van der Waals surface area contributed by atoms with Crippen LogP contribution in [0.4, 0.5) is 4.39 Å². The zero-order valence-corrected chi connectivity index (χ0v) is 9.09. The first-order valence-electron chi connectivity index (χ1n) is 5.10. The Kier molecular flexibility index (Phi) is 4.22. The Hall–Kier alpha value is -1.44. The molecule has 0 saturated carbocycles. The Morgan fingerprint density at radius 3 is 2.47 bits per heavy atom. The van der Waals surface area contributed by atoms with E-state index >= 15 is 0 Å². The summed E-state index contributed by atoms with van der Waals surface area (Å²) in [6.45, 7) is 3.77. The lowest BCUT2D eigenvalue weighted by Crippen LogP contribution is -1.97. The molecule has 1 aromatic carbocycles. The molecule has 15 heavy (non-hydrogen) atoms. The molecule has 0 bridgehead atoms. The third-order valence-electron chi connectivity index (χ3n) is 2.17. The van der Waals surface area contributed by atoms with Crippen LogP contribution in [0.1, 0.15) is 32.3 Å². The van der Waals surface area contributed by atoms with Gasteiger partial charge in [-0.2, -0.15) is 0 Å². The van der Waals surface area contributed by atoms with E-state index in [2.05, 4.69) is 0 Å². The van der Waals surface area contributed by atoms with E-state index in [1.54, 1.807) is 25.1 Å². The van der Waals surface area contributed by atoms with E-state index in [1.165, 1.54) is 12.1 Å². The predicted molar refractivity (Wildman–Crippen MR) is 60.0 cm³/mol. The first-order valence-corrected chi connectivity index (χ1v) is 5.10. The molecule has 0 radical (unpaired) electrons. The van der Waals surface area contributed by atoms with E-state index in [0.717, 1.165) is 17.6 Å². The molecule has 0 atom stereocenters. The summed E-state index contributed by atoms with van der Waals surface area (Å²) in [6, 6.07) is 6.11. The van der Waals surface area contributed by atoms with E-state index in [1.807, 2.05) is 6.92 Å². The van der Waals surface area contributed by atoms with Crippen LogP contribution in [-0.4, -0.2) is 5.78 Å². The minimum Gasteiger partial charge on any atom is -0.295 e. The second kappa shape index (κ2) is 5.44. The van der Waals surface area contributed by atoms with Gasteiger partial charge in [0.05, 0.1) is 0 Å².